The molecule has 3 nitrogen and oxygen atoms in total. The van der Waals surface area contributed by atoms with E-state index in [1.807, 2.05) is 50.2 Å². The number of rotatable bonds is 2. The van der Waals surface area contributed by atoms with E-state index in [0.29, 0.717) is 10.7 Å². The fourth-order valence-electron chi connectivity index (χ4n) is 1.92. The van der Waals surface area contributed by atoms with Gasteiger partial charge in [-0.1, -0.05) is 36.4 Å². The zero-order valence-corrected chi connectivity index (χ0v) is 12.3. The van der Waals surface area contributed by atoms with Crippen LogP contribution in [0.5, 0.6) is 0 Å². The van der Waals surface area contributed by atoms with Crippen LogP contribution in [0.25, 0.3) is 0 Å². The Bertz CT molecular complexity index is 618. The molecule has 2 N–H and O–H groups in total. The van der Waals surface area contributed by atoms with Crippen molar-refractivity contribution in [2.45, 2.75) is 13.8 Å². The number of para-hydroxylation sites is 1. The van der Waals surface area contributed by atoms with Crippen molar-refractivity contribution in [1.82, 2.24) is 5.32 Å². The standard InChI is InChI=1S/C16H16N2OS/c1-11-7-6-8-12(2)14(11)17-16(20)18-15(19)13-9-4-3-5-10-13/h3-10H,1-2H3,(H2,17,18,19,20). The molecule has 0 saturated carbocycles. The second-order valence-electron chi connectivity index (χ2n) is 4.54. The Hall–Kier alpha value is -2.20. The maximum Gasteiger partial charge on any atom is 0.257 e. The quantitative estimate of drug-likeness (QED) is 0.830. The van der Waals surface area contributed by atoms with Crippen molar-refractivity contribution in [3.63, 3.8) is 0 Å². The molecule has 0 atom stereocenters. The van der Waals surface area contributed by atoms with E-state index in [0.717, 1.165) is 16.8 Å². The van der Waals surface area contributed by atoms with Crippen molar-refractivity contribution in [1.29, 1.82) is 0 Å². The number of hydrogen-bond acceptors (Lipinski definition) is 2. The van der Waals surface area contributed by atoms with E-state index >= 15 is 0 Å². The van der Waals surface area contributed by atoms with Crippen LogP contribution in [0.15, 0.2) is 48.5 Å². The molecule has 0 unspecified atom stereocenters. The van der Waals surface area contributed by atoms with E-state index in [9.17, 15) is 4.79 Å². The fourth-order valence-corrected chi connectivity index (χ4v) is 2.12. The highest BCUT2D eigenvalue weighted by atomic mass is 32.1. The average molecular weight is 284 g/mol. The van der Waals surface area contributed by atoms with Gasteiger partial charge in [0.25, 0.3) is 5.91 Å². The monoisotopic (exact) mass is 284 g/mol. The molecule has 1 amide bonds. The third-order valence-corrected chi connectivity index (χ3v) is 3.19. The zero-order chi connectivity index (χ0) is 14.5. The lowest BCUT2D eigenvalue weighted by molar-refractivity contribution is 0.0977. The lowest BCUT2D eigenvalue weighted by atomic mass is 10.1. The third kappa shape index (κ3) is 3.42. The van der Waals surface area contributed by atoms with Crippen molar-refractivity contribution < 1.29 is 4.79 Å². The van der Waals surface area contributed by atoms with Crippen LogP contribution in [0.4, 0.5) is 5.69 Å². The summed E-state index contributed by atoms with van der Waals surface area (Å²) in [4.78, 5) is 12.0. The van der Waals surface area contributed by atoms with Crippen LogP contribution < -0.4 is 10.6 Å². The number of carbonyl (C=O) groups is 1. The number of anilines is 1. The minimum atomic E-state index is -0.214. The molecule has 0 fully saturated rings. The lowest BCUT2D eigenvalue weighted by Crippen LogP contribution is -2.34. The van der Waals surface area contributed by atoms with Crippen LogP contribution in [0.3, 0.4) is 0 Å². The maximum absolute atomic E-state index is 12.0. The molecule has 4 heteroatoms. The van der Waals surface area contributed by atoms with E-state index in [1.54, 1.807) is 12.1 Å². The zero-order valence-electron chi connectivity index (χ0n) is 11.4. The van der Waals surface area contributed by atoms with Crippen LogP contribution in [0.2, 0.25) is 0 Å². The number of carbonyl (C=O) groups excluding carboxylic acids is 1. The summed E-state index contributed by atoms with van der Waals surface area (Å²) in [6, 6.07) is 15.0. The number of thiocarbonyl (C=S) groups is 1. The summed E-state index contributed by atoms with van der Waals surface area (Å²) < 4.78 is 0. The number of aryl methyl sites for hydroxylation is 2. The largest absolute Gasteiger partial charge is 0.332 e. The summed E-state index contributed by atoms with van der Waals surface area (Å²) in [6.45, 7) is 3.99. The van der Waals surface area contributed by atoms with Gasteiger partial charge < -0.3 is 5.32 Å². The summed E-state index contributed by atoms with van der Waals surface area (Å²) in [7, 11) is 0. The molecule has 0 bridgehead atoms. The van der Waals surface area contributed by atoms with Gasteiger partial charge in [-0.25, -0.2) is 0 Å². The Balaban J connectivity index is 2.05. The summed E-state index contributed by atoms with van der Waals surface area (Å²) >= 11 is 5.19. The van der Waals surface area contributed by atoms with Crippen molar-refractivity contribution in [2.75, 3.05) is 5.32 Å². The molecular formula is C16H16N2OS. The predicted molar refractivity (Wildman–Crippen MR) is 86.0 cm³/mol. The second-order valence-corrected chi connectivity index (χ2v) is 4.95. The summed E-state index contributed by atoms with van der Waals surface area (Å²) in [5.41, 5.74) is 3.69. The van der Waals surface area contributed by atoms with Gasteiger partial charge in [0.05, 0.1) is 0 Å². The van der Waals surface area contributed by atoms with Crippen molar-refractivity contribution in [3.05, 3.63) is 65.2 Å². The number of amides is 1. The van der Waals surface area contributed by atoms with Gasteiger partial charge in [0, 0.05) is 11.3 Å². The molecule has 0 aromatic heterocycles. The van der Waals surface area contributed by atoms with E-state index in [2.05, 4.69) is 10.6 Å². The molecule has 0 aliphatic carbocycles. The van der Waals surface area contributed by atoms with Gasteiger partial charge in [-0.15, -0.1) is 0 Å². The van der Waals surface area contributed by atoms with Gasteiger partial charge in [0.2, 0.25) is 0 Å². The Kier molecular flexibility index (Phi) is 4.48. The first-order valence-corrected chi connectivity index (χ1v) is 6.72. The van der Waals surface area contributed by atoms with Crippen LogP contribution in [-0.4, -0.2) is 11.0 Å². The van der Waals surface area contributed by atoms with Crippen LogP contribution in [0.1, 0.15) is 21.5 Å². The van der Waals surface area contributed by atoms with Crippen molar-refractivity contribution in [2.24, 2.45) is 0 Å². The highest BCUT2D eigenvalue weighted by molar-refractivity contribution is 7.80. The second kappa shape index (κ2) is 6.30. The summed E-state index contributed by atoms with van der Waals surface area (Å²) in [6.07, 6.45) is 0. The summed E-state index contributed by atoms with van der Waals surface area (Å²) in [5.74, 6) is -0.214. The Labute approximate surface area is 124 Å². The number of hydrogen-bond donors (Lipinski definition) is 2. The molecule has 0 saturated heterocycles. The molecule has 0 spiro atoms. The highest BCUT2D eigenvalue weighted by Gasteiger charge is 2.09. The van der Waals surface area contributed by atoms with Crippen molar-refractivity contribution in [3.8, 4) is 0 Å². The van der Waals surface area contributed by atoms with Gasteiger partial charge in [-0.05, 0) is 49.3 Å². The Morgan fingerprint density at radius 2 is 1.55 bits per heavy atom. The molecule has 0 radical (unpaired) electrons. The first-order chi connectivity index (χ1) is 9.58. The lowest BCUT2D eigenvalue weighted by Gasteiger charge is -2.14. The normalized spacial score (nSPS) is 9.90. The van der Waals surface area contributed by atoms with Crippen LogP contribution >= 0.6 is 12.2 Å². The number of nitrogens with one attached hydrogen (secondary N) is 2. The van der Waals surface area contributed by atoms with Gasteiger partial charge in [0.1, 0.15) is 0 Å². The molecule has 102 valence electrons. The minimum Gasteiger partial charge on any atom is -0.332 e. The molecule has 2 aromatic carbocycles. The highest BCUT2D eigenvalue weighted by Crippen LogP contribution is 2.19. The van der Waals surface area contributed by atoms with Gasteiger partial charge >= 0.3 is 0 Å². The van der Waals surface area contributed by atoms with E-state index in [-0.39, 0.29) is 5.91 Å². The van der Waals surface area contributed by atoms with Crippen molar-refractivity contribution >= 4 is 28.9 Å². The average Bonchev–Trinajstić information content (AvgIpc) is 2.44. The van der Waals surface area contributed by atoms with E-state index in [4.69, 9.17) is 12.2 Å². The third-order valence-electron chi connectivity index (χ3n) is 2.98. The number of benzene rings is 2. The first-order valence-electron chi connectivity index (χ1n) is 6.31. The first kappa shape index (κ1) is 14.2. The SMILES string of the molecule is Cc1cccc(C)c1NC(=S)NC(=O)c1ccccc1. The van der Waals surface area contributed by atoms with Crippen LogP contribution in [-0.2, 0) is 0 Å². The maximum atomic E-state index is 12.0. The van der Waals surface area contributed by atoms with Gasteiger partial charge in [0.15, 0.2) is 5.11 Å². The topological polar surface area (TPSA) is 41.1 Å². The van der Waals surface area contributed by atoms with Gasteiger partial charge in [-0.2, -0.15) is 0 Å². The molecule has 0 aliphatic heterocycles. The predicted octanol–water partition coefficient (Wildman–Crippen LogP) is 3.43. The molecule has 20 heavy (non-hydrogen) atoms. The molecule has 0 heterocycles. The molecule has 2 aromatic rings. The van der Waals surface area contributed by atoms with E-state index < -0.39 is 0 Å². The molecule has 0 aliphatic rings. The molecular weight excluding hydrogens is 268 g/mol. The summed E-state index contributed by atoms with van der Waals surface area (Å²) in [5, 5.41) is 6.06. The van der Waals surface area contributed by atoms with Crippen LogP contribution in [0, 0.1) is 13.8 Å². The fraction of sp³-hybridized carbons (Fsp3) is 0.125. The minimum absolute atomic E-state index is 0.214. The Morgan fingerprint density at radius 1 is 0.950 bits per heavy atom. The van der Waals surface area contributed by atoms with Gasteiger partial charge in [-0.3, -0.25) is 10.1 Å². The smallest absolute Gasteiger partial charge is 0.257 e. The Morgan fingerprint density at radius 3 is 2.15 bits per heavy atom. The molecule has 2 rings (SSSR count). The van der Waals surface area contributed by atoms with E-state index in [1.165, 1.54) is 0 Å².